The second-order valence-corrected chi connectivity index (χ2v) is 5.68. The quantitative estimate of drug-likeness (QED) is 0.879. The molecule has 0 aromatic heterocycles. The summed E-state index contributed by atoms with van der Waals surface area (Å²) in [5.41, 5.74) is 1.06. The van der Waals surface area contributed by atoms with Crippen molar-refractivity contribution in [3.05, 3.63) is 23.8 Å². The molecular weight excluding hydrogens is 238 g/mol. The van der Waals surface area contributed by atoms with Crippen LogP contribution in [-0.2, 0) is 0 Å². The molecule has 0 bridgehead atoms. The Bertz CT molecular complexity index is 429. The number of hydrogen-bond donors (Lipinski definition) is 1. The van der Waals surface area contributed by atoms with Gasteiger partial charge in [0.15, 0.2) is 11.5 Å². The Hall–Kier alpha value is -1.22. The molecule has 0 saturated heterocycles. The second kappa shape index (κ2) is 5.83. The summed E-state index contributed by atoms with van der Waals surface area (Å²) >= 11 is 0. The van der Waals surface area contributed by atoms with Gasteiger partial charge in [0.2, 0.25) is 0 Å². The second-order valence-electron chi connectivity index (χ2n) is 5.68. The van der Waals surface area contributed by atoms with Crippen molar-refractivity contribution in [1.29, 1.82) is 0 Å². The Balaban J connectivity index is 2.34. The van der Waals surface area contributed by atoms with Crippen LogP contribution in [0.2, 0.25) is 0 Å². The molecule has 0 aliphatic carbocycles. The van der Waals surface area contributed by atoms with Crippen LogP contribution in [0.4, 0.5) is 0 Å². The lowest BCUT2D eigenvalue weighted by molar-refractivity contribution is 0.0615. The fourth-order valence-electron chi connectivity index (χ4n) is 2.61. The van der Waals surface area contributed by atoms with Crippen LogP contribution < -0.4 is 14.8 Å². The van der Waals surface area contributed by atoms with Crippen LogP contribution in [0.1, 0.15) is 52.1 Å². The van der Waals surface area contributed by atoms with E-state index in [9.17, 15) is 0 Å². The van der Waals surface area contributed by atoms with E-state index in [4.69, 9.17) is 9.47 Å². The standard InChI is InChI=1S/C16H25NO2/c1-5-10-17-13-11-16(3,4)19-15-12(13)8-7-9-14(15)18-6-2/h7-9,13,17H,5-6,10-11H2,1-4H3. The molecule has 0 saturated carbocycles. The molecular formula is C16H25NO2. The van der Waals surface area contributed by atoms with Gasteiger partial charge in [-0.3, -0.25) is 0 Å². The van der Waals surface area contributed by atoms with Gasteiger partial charge in [-0.25, -0.2) is 0 Å². The molecule has 19 heavy (non-hydrogen) atoms. The lowest BCUT2D eigenvalue weighted by Crippen LogP contribution is -2.39. The molecule has 1 heterocycles. The van der Waals surface area contributed by atoms with Gasteiger partial charge in [-0.05, 0) is 39.8 Å². The largest absolute Gasteiger partial charge is 0.490 e. The van der Waals surface area contributed by atoms with Gasteiger partial charge in [0, 0.05) is 18.0 Å². The van der Waals surface area contributed by atoms with Crippen molar-refractivity contribution in [2.75, 3.05) is 13.2 Å². The zero-order chi connectivity index (χ0) is 13.9. The van der Waals surface area contributed by atoms with E-state index < -0.39 is 0 Å². The van der Waals surface area contributed by atoms with Gasteiger partial charge in [0.05, 0.1) is 6.61 Å². The first-order valence-corrected chi connectivity index (χ1v) is 7.25. The van der Waals surface area contributed by atoms with Crippen LogP contribution >= 0.6 is 0 Å². The fraction of sp³-hybridized carbons (Fsp3) is 0.625. The Labute approximate surface area is 116 Å². The lowest BCUT2D eigenvalue weighted by Gasteiger charge is -2.38. The van der Waals surface area contributed by atoms with E-state index in [2.05, 4.69) is 32.2 Å². The molecule has 0 amide bonds. The van der Waals surface area contributed by atoms with Crippen LogP contribution in [0.3, 0.4) is 0 Å². The Morgan fingerprint density at radius 2 is 2.16 bits per heavy atom. The minimum atomic E-state index is -0.161. The smallest absolute Gasteiger partial charge is 0.166 e. The van der Waals surface area contributed by atoms with Gasteiger partial charge in [-0.1, -0.05) is 19.1 Å². The zero-order valence-electron chi connectivity index (χ0n) is 12.5. The van der Waals surface area contributed by atoms with Crippen LogP contribution in [0.15, 0.2) is 18.2 Å². The van der Waals surface area contributed by atoms with Crippen LogP contribution in [-0.4, -0.2) is 18.8 Å². The maximum atomic E-state index is 6.15. The number of benzene rings is 1. The molecule has 1 atom stereocenters. The van der Waals surface area contributed by atoms with E-state index >= 15 is 0 Å². The van der Waals surface area contributed by atoms with Crippen LogP contribution in [0.5, 0.6) is 11.5 Å². The first-order chi connectivity index (χ1) is 9.07. The summed E-state index contributed by atoms with van der Waals surface area (Å²) in [5.74, 6) is 1.77. The van der Waals surface area contributed by atoms with E-state index in [1.54, 1.807) is 0 Å². The Morgan fingerprint density at radius 1 is 1.37 bits per heavy atom. The van der Waals surface area contributed by atoms with Gasteiger partial charge in [0.1, 0.15) is 5.60 Å². The van der Waals surface area contributed by atoms with E-state index in [0.29, 0.717) is 12.6 Å². The van der Waals surface area contributed by atoms with Crippen molar-refractivity contribution in [2.24, 2.45) is 0 Å². The van der Waals surface area contributed by atoms with Crippen molar-refractivity contribution >= 4 is 0 Å². The van der Waals surface area contributed by atoms with Crippen molar-refractivity contribution in [3.63, 3.8) is 0 Å². The summed E-state index contributed by atoms with van der Waals surface area (Å²) in [5, 5.41) is 3.62. The summed E-state index contributed by atoms with van der Waals surface area (Å²) in [6, 6.07) is 6.52. The number of ether oxygens (including phenoxy) is 2. The predicted molar refractivity (Wildman–Crippen MR) is 78.0 cm³/mol. The normalized spacial score (nSPS) is 20.5. The SMILES string of the molecule is CCCNC1CC(C)(C)Oc2c(OCC)cccc21. The molecule has 0 fully saturated rings. The maximum absolute atomic E-state index is 6.15. The Morgan fingerprint density at radius 3 is 2.84 bits per heavy atom. The van der Waals surface area contributed by atoms with Gasteiger partial charge in [-0.2, -0.15) is 0 Å². The van der Waals surface area contributed by atoms with Gasteiger partial charge >= 0.3 is 0 Å². The number of hydrogen-bond acceptors (Lipinski definition) is 3. The van der Waals surface area contributed by atoms with E-state index in [-0.39, 0.29) is 5.60 Å². The predicted octanol–water partition coefficient (Wildman–Crippen LogP) is 3.69. The highest BCUT2D eigenvalue weighted by molar-refractivity contribution is 5.50. The minimum Gasteiger partial charge on any atom is -0.490 e. The highest BCUT2D eigenvalue weighted by Gasteiger charge is 2.35. The van der Waals surface area contributed by atoms with Crippen LogP contribution in [0, 0.1) is 0 Å². The number of nitrogens with one attached hydrogen (secondary N) is 1. The molecule has 1 aromatic carbocycles. The molecule has 1 N–H and O–H groups in total. The first-order valence-electron chi connectivity index (χ1n) is 7.25. The average molecular weight is 263 g/mol. The van der Waals surface area contributed by atoms with E-state index in [1.165, 1.54) is 5.56 Å². The van der Waals surface area contributed by atoms with E-state index in [0.717, 1.165) is 30.9 Å². The molecule has 1 unspecified atom stereocenters. The monoisotopic (exact) mass is 263 g/mol. The average Bonchev–Trinajstić information content (AvgIpc) is 2.36. The van der Waals surface area contributed by atoms with Crippen LogP contribution in [0.25, 0.3) is 0 Å². The summed E-state index contributed by atoms with van der Waals surface area (Å²) < 4.78 is 11.8. The number of fused-ring (bicyclic) bond motifs is 1. The maximum Gasteiger partial charge on any atom is 0.166 e. The first kappa shape index (κ1) is 14.2. The molecule has 106 valence electrons. The lowest BCUT2D eigenvalue weighted by atomic mass is 9.89. The summed E-state index contributed by atoms with van der Waals surface area (Å²) in [7, 11) is 0. The number of para-hydroxylation sites is 1. The third-order valence-corrected chi connectivity index (χ3v) is 3.40. The molecule has 1 aliphatic rings. The van der Waals surface area contributed by atoms with Gasteiger partial charge in [-0.15, -0.1) is 0 Å². The summed E-state index contributed by atoms with van der Waals surface area (Å²) in [4.78, 5) is 0. The van der Waals surface area contributed by atoms with Crippen molar-refractivity contribution < 1.29 is 9.47 Å². The molecule has 1 aliphatic heterocycles. The highest BCUT2D eigenvalue weighted by atomic mass is 16.5. The van der Waals surface area contributed by atoms with Gasteiger partial charge < -0.3 is 14.8 Å². The topological polar surface area (TPSA) is 30.5 Å². The molecule has 3 heteroatoms. The summed E-state index contributed by atoms with van der Waals surface area (Å²) in [6.45, 7) is 10.2. The fourth-order valence-corrected chi connectivity index (χ4v) is 2.61. The van der Waals surface area contributed by atoms with Crippen molar-refractivity contribution in [3.8, 4) is 11.5 Å². The minimum absolute atomic E-state index is 0.161. The molecule has 3 nitrogen and oxygen atoms in total. The highest BCUT2D eigenvalue weighted by Crippen LogP contribution is 2.44. The van der Waals surface area contributed by atoms with Crippen molar-refractivity contribution in [2.45, 2.75) is 52.2 Å². The molecule has 0 radical (unpaired) electrons. The molecule has 1 aromatic rings. The zero-order valence-corrected chi connectivity index (χ0v) is 12.5. The van der Waals surface area contributed by atoms with E-state index in [1.807, 2.05) is 19.1 Å². The third kappa shape index (κ3) is 3.21. The third-order valence-electron chi connectivity index (χ3n) is 3.40. The molecule has 2 rings (SSSR count). The number of rotatable bonds is 5. The Kier molecular flexibility index (Phi) is 4.35. The summed E-state index contributed by atoms with van der Waals surface area (Å²) in [6.07, 6.45) is 2.12. The van der Waals surface area contributed by atoms with Crippen molar-refractivity contribution in [1.82, 2.24) is 5.32 Å². The van der Waals surface area contributed by atoms with Gasteiger partial charge in [0.25, 0.3) is 0 Å². The molecule has 0 spiro atoms.